The molecule has 2 aliphatic rings. The highest BCUT2D eigenvalue weighted by atomic mass is 16.4. The van der Waals surface area contributed by atoms with Crippen LogP contribution in [0.25, 0.3) is 0 Å². The van der Waals surface area contributed by atoms with E-state index in [0.29, 0.717) is 6.54 Å². The van der Waals surface area contributed by atoms with Gasteiger partial charge in [0.2, 0.25) is 11.8 Å². The number of aliphatic carboxylic acids is 1. The van der Waals surface area contributed by atoms with Crippen LogP contribution in [0.3, 0.4) is 0 Å². The molecule has 6 heteroatoms. The molecule has 1 aromatic carbocycles. The number of carbonyl (C=O) groups excluding carboxylic acids is 2. The van der Waals surface area contributed by atoms with Crippen LogP contribution in [0.4, 0.5) is 5.69 Å². The lowest BCUT2D eigenvalue weighted by atomic mass is 9.85. The lowest BCUT2D eigenvalue weighted by Gasteiger charge is -2.24. The topological polar surface area (TPSA) is 95.5 Å². The molecule has 6 nitrogen and oxygen atoms in total. The van der Waals surface area contributed by atoms with Gasteiger partial charge in [0.1, 0.15) is 0 Å². The zero-order chi connectivity index (χ0) is 18.2. The van der Waals surface area contributed by atoms with Gasteiger partial charge in [0.15, 0.2) is 0 Å². The number of rotatable bonds is 6. The van der Waals surface area contributed by atoms with Crippen LogP contribution < -0.4 is 10.6 Å². The van der Waals surface area contributed by atoms with Gasteiger partial charge in [0.25, 0.3) is 0 Å². The van der Waals surface area contributed by atoms with Gasteiger partial charge in [-0.2, -0.15) is 0 Å². The molecular formula is C19H24N2O4. The fourth-order valence-electron chi connectivity index (χ4n) is 3.56. The summed E-state index contributed by atoms with van der Waals surface area (Å²) < 4.78 is 0. The van der Waals surface area contributed by atoms with E-state index in [1.165, 1.54) is 0 Å². The van der Waals surface area contributed by atoms with Gasteiger partial charge in [0.05, 0.1) is 11.8 Å². The lowest BCUT2D eigenvalue weighted by Crippen LogP contribution is -2.28. The molecule has 2 fully saturated rings. The van der Waals surface area contributed by atoms with Crippen LogP contribution >= 0.6 is 0 Å². The van der Waals surface area contributed by atoms with E-state index in [9.17, 15) is 14.4 Å². The first kappa shape index (κ1) is 17.5. The van der Waals surface area contributed by atoms with Crippen LogP contribution in [0.5, 0.6) is 0 Å². The molecule has 0 bridgehead atoms. The monoisotopic (exact) mass is 344 g/mol. The zero-order valence-corrected chi connectivity index (χ0v) is 14.5. The molecule has 0 spiro atoms. The summed E-state index contributed by atoms with van der Waals surface area (Å²) in [5.41, 5.74) is 1.08. The van der Waals surface area contributed by atoms with Crippen molar-refractivity contribution in [3.8, 4) is 0 Å². The third-order valence-electron chi connectivity index (χ3n) is 5.51. The molecule has 2 aliphatic carbocycles. The number of benzene rings is 1. The Kier molecular flexibility index (Phi) is 4.54. The molecule has 2 saturated carbocycles. The summed E-state index contributed by atoms with van der Waals surface area (Å²) in [5.74, 6) is -2.11. The average Bonchev–Trinajstić information content (AvgIpc) is 3.06. The number of hydrogen-bond acceptors (Lipinski definition) is 3. The van der Waals surface area contributed by atoms with E-state index >= 15 is 0 Å². The smallest absolute Gasteiger partial charge is 0.307 e. The average molecular weight is 344 g/mol. The standard InChI is InChI=1S/C19H24N2O4/c1-19(2)14(15(19)18(24)25)17(23)20-10-11-5-3-8-13(9-11)21-16(22)12-6-4-7-12/h3,5,8-9,12,14-15H,4,6-7,10H2,1-2H3,(H,20,23)(H,21,22)(H,24,25)/t14-,15+/m1/s1. The highest BCUT2D eigenvalue weighted by Gasteiger charge is 2.65. The number of hydrogen-bond donors (Lipinski definition) is 3. The predicted octanol–water partition coefficient (Wildman–Crippen LogP) is 2.40. The van der Waals surface area contributed by atoms with Crippen molar-refractivity contribution < 1.29 is 19.5 Å². The van der Waals surface area contributed by atoms with Gasteiger partial charge in [-0.1, -0.05) is 32.4 Å². The number of carboxylic acid groups (broad SMARTS) is 1. The number of amides is 2. The maximum Gasteiger partial charge on any atom is 0.307 e. The van der Waals surface area contributed by atoms with Crippen LogP contribution in [0.1, 0.15) is 38.7 Å². The quantitative estimate of drug-likeness (QED) is 0.738. The van der Waals surface area contributed by atoms with Crippen LogP contribution in [-0.4, -0.2) is 22.9 Å². The fourth-order valence-corrected chi connectivity index (χ4v) is 3.56. The summed E-state index contributed by atoms with van der Waals surface area (Å²) in [5, 5.41) is 14.9. The summed E-state index contributed by atoms with van der Waals surface area (Å²) in [7, 11) is 0. The molecule has 0 radical (unpaired) electrons. The van der Waals surface area contributed by atoms with Crippen molar-refractivity contribution in [2.75, 3.05) is 5.32 Å². The molecule has 3 rings (SSSR count). The molecule has 0 saturated heterocycles. The highest BCUT2D eigenvalue weighted by molar-refractivity contribution is 5.93. The second-order valence-electron chi connectivity index (χ2n) is 7.65. The second-order valence-corrected chi connectivity index (χ2v) is 7.65. The minimum atomic E-state index is -0.925. The first-order chi connectivity index (χ1) is 11.8. The lowest BCUT2D eigenvalue weighted by molar-refractivity contribution is -0.140. The second kappa shape index (κ2) is 6.50. The molecule has 0 aliphatic heterocycles. The van der Waals surface area contributed by atoms with E-state index in [2.05, 4.69) is 10.6 Å². The summed E-state index contributed by atoms with van der Waals surface area (Å²) in [4.78, 5) is 35.4. The Bertz CT molecular complexity index is 709. The third kappa shape index (κ3) is 3.52. The Balaban J connectivity index is 1.55. The Labute approximate surface area is 147 Å². The van der Waals surface area contributed by atoms with Gasteiger partial charge in [-0.25, -0.2) is 0 Å². The SMILES string of the molecule is CC1(C)[C@H](C(=O)O)[C@@H]1C(=O)NCc1cccc(NC(=O)C2CCC2)c1. The summed E-state index contributed by atoms with van der Waals surface area (Å²) in [6.45, 7) is 3.91. The Morgan fingerprint density at radius 2 is 1.88 bits per heavy atom. The maximum atomic E-state index is 12.3. The Morgan fingerprint density at radius 3 is 2.44 bits per heavy atom. The van der Waals surface area contributed by atoms with Crippen molar-refractivity contribution in [1.82, 2.24) is 5.32 Å². The summed E-state index contributed by atoms with van der Waals surface area (Å²) >= 11 is 0. The van der Waals surface area contributed by atoms with Gasteiger partial charge in [0, 0.05) is 18.2 Å². The Morgan fingerprint density at radius 1 is 1.16 bits per heavy atom. The van der Waals surface area contributed by atoms with Gasteiger partial charge in [-0.15, -0.1) is 0 Å². The molecule has 1 aromatic rings. The van der Waals surface area contributed by atoms with E-state index in [-0.39, 0.29) is 17.7 Å². The van der Waals surface area contributed by atoms with Crippen molar-refractivity contribution in [2.45, 2.75) is 39.7 Å². The molecule has 2 atom stereocenters. The number of carbonyl (C=O) groups is 3. The normalized spacial score (nSPS) is 24.1. The molecule has 25 heavy (non-hydrogen) atoms. The molecular weight excluding hydrogens is 320 g/mol. The van der Waals surface area contributed by atoms with Crippen molar-refractivity contribution in [2.24, 2.45) is 23.2 Å². The number of carboxylic acids is 1. The van der Waals surface area contributed by atoms with Crippen LogP contribution in [-0.2, 0) is 20.9 Å². The molecule has 0 heterocycles. The van der Waals surface area contributed by atoms with Crippen molar-refractivity contribution in [1.29, 1.82) is 0 Å². The van der Waals surface area contributed by atoms with E-state index in [0.717, 1.165) is 30.5 Å². The van der Waals surface area contributed by atoms with Gasteiger partial charge >= 0.3 is 5.97 Å². The van der Waals surface area contributed by atoms with E-state index < -0.39 is 23.2 Å². The molecule has 3 N–H and O–H groups in total. The van der Waals surface area contributed by atoms with Crippen molar-refractivity contribution in [3.63, 3.8) is 0 Å². The van der Waals surface area contributed by atoms with Gasteiger partial charge in [-0.05, 0) is 36.0 Å². The first-order valence-corrected chi connectivity index (χ1v) is 8.71. The van der Waals surface area contributed by atoms with Crippen LogP contribution in [0.2, 0.25) is 0 Å². The van der Waals surface area contributed by atoms with E-state index in [1.807, 2.05) is 24.3 Å². The predicted molar refractivity (Wildman–Crippen MR) is 92.7 cm³/mol. The molecule has 2 amide bonds. The molecule has 0 unspecified atom stereocenters. The summed E-state index contributed by atoms with van der Waals surface area (Å²) in [6, 6.07) is 7.36. The zero-order valence-electron chi connectivity index (χ0n) is 14.5. The molecule has 134 valence electrons. The minimum absolute atomic E-state index is 0.0523. The Hall–Kier alpha value is -2.37. The van der Waals surface area contributed by atoms with Crippen LogP contribution in [0.15, 0.2) is 24.3 Å². The van der Waals surface area contributed by atoms with E-state index in [4.69, 9.17) is 5.11 Å². The van der Waals surface area contributed by atoms with Gasteiger partial charge < -0.3 is 15.7 Å². The minimum Gasteiger partial charge on any atom is -0.481 e. The number of anilines is 1. The largest absolute Gasteiger partial charge is 0.481 e. The first-order valence-electron chi connectivity index (χ1n) is 8.71. The molecule has 0 aromatic heterocycles. The third-order valence-corrected chi connectivity index (χ3v) is 5.51. The fraction of sp³-hybridized carbons (Fsp3) is 0.526. The van der Waals surface area contributed by atoms with Gasteiger partial charge in [-0.3, -0.25) is 14.4 Å². The van der Waals surface area contributed by atoms with Crippen molar-refractivity contribution in [3.05, 3.63) is 29.8 Å². The van der Waals surface area contributed by atoms with Crippen LogP contribution in [0, 0.1) is 23.2 Å². The van der Waals surface area contributed by atoms with E-state index in [1.54, 1.807) is 13.8 Å². The highest BCUT2D eigenvalue weighted by Crippen LogP contribution is 2.58. The van der Waals surface area contributed by atoms with Crippen molar-refractivity contribution >= 4 is 23.5 Å². The number of nitrogens with one attached hydrogen (secondary N) is 2. The maximum absolute atomic E-state index is 12.3. The summed E-state index contributed by atoms with van der Waals surface area (Å²) in [6.07, 6.45) is 3.01.